The average Bonchev–Trinajstić information content (AvgIpc) is 3.00. The summed E-state index contributed by atoms with van der Waals surface area (Å²) in [5, 5.41) is -0.357. The summed E-state index contributed by atoms with van der Waals surface area (Å²) in [6.45, 7) is 3.71. The standard InChI is InChI=1S/C12H15FO2S/c1-8(2)10-4-3-5-11(12(10)13)16(14,15)9-6-7-9/h3-5,8-9H,6-7H2,1-2H3. The van der Waals surface area contributed by atoms with Gasteiger partial charge in [-0.05, 0) is 30.4 Å². The zero-order valence-corrected chi connectivity index (χ0v) is 10.2. The fourth-order valence-corrected chi connectivity index (χ4v) is 3.50. The van der Waals surface area contributed by atoms with Crippen LogP contribution in [0.25, 0.3) is 0 Å². The van der Waals surface area contributed by atoms with Gasteiger partial charge in [0.05, 0.1) is 5.25 Å². The Balaban J connectivity index is 2.54. The van der Waals surface area contributed by atoms with Gasteiger partial charge in [-0.2, -0.15) is 0 Å². The molecule has 0 bridgehead atoms. The van der Waals surface area contributed by atoms with E-state index >= 15 is 0 Å². The van der Waals surface area contributed by atoms with Crippen LogP contribution in [0.2, 0.25) is 0 Å². The fraction of sp³-hybridized carbons (Fsp3) is 0.500. The Bertz CT molecular complexity index is 502. The Hall–Kier alpha value is -0.900. The summed E-state index contributed by atoms with van der Waals surface area (Å²) in [6.07, 6.45) is 1.32. The maximum atomic E-state index is 14.0. The van der Waals surface area contributed by atoms with Crippen LogP contribution in [0.5, 0.6) is 0 Å². The molecule has 2 rings (SSSR count). The van der Waals surface area contributed by atoms with E-state index in [4.69, 9.17) is 0 Å². The van der Waals surface area contributed by atoms with E-state index in [1.807, 2.05) is 13.8 Å². The summed E-state index contributed by atoms with van der Waals surface area (Å²) in [5.74, 6) is -0.571. The molecule has 0 amide bonds. The zero-order chi connectivity index (χ0) is 11.9. The van der Waals surface area contributed by atoms with Gasteiger partial charge in [-0.15, -0.1) is 0 Å². The largest absolute Gasteiger partial charge is 0.223 e. The molecule has 0 radical (unpaired) electrons. The third kappa shape index (κ3) is 1.86. The van der Waals surface area contributed by atoms with E-state index in [2.05, 4.69) is 0 Å². The van der Waals surface area contributed by atoms with E-state index in [1.54, 1.807) is 12.1 Å². The molecule has 1 aromatic carbocycles. The predicted molar refractivity (Wildman–Crippen MR) is 60.7 cm³/mol. The number of hydrogen-bond donors (Lipinski definition) is 0. The Labute approximate surface area is 95.4 Å². The van der Waals surface area contributed by atoms with Crippen LogP contribution >= 0.6 is 0 Å². The molecule has 0 N–H and O–H groups in total. The smallest absolute Gasteiger partial charge is 0.184 e. The predicted octanol–water partition coefficient (Wildman–Crippen LogP) is 2.89. The lowest BCUT2D eigenvalue weighted by molar-refractivity contribution is 0.551. The number of benzene rings is 1. The van der Waals surface area contributed by atoms with Crippen molar-refractivity contribution in [3.05, 3.63) is 29.6 Å². The van der Waals surface area contributed by atoms with E-state index in [9.17, 15) is 12.8 Å². The third-order valence-electron chi connectivity index (χ3n) is 2.88. The summed E-state index contributed by atoms with van der Waals surface area (Å²) in [6, 6.07) is 4.63. The van der Waals surface area contributed by atoms with Crippen molar-refractivity contribution in [2.75, 3.05) is 0 Å². The highest BCUT2D eigenvalue weighted by Crippen LogP contribution is 2.35. The molecular weight excluding hydrogens is 227 g/mol. The van der Waals surface area contributed by atoms with E-state index in [0.29, 0.717) is 18.4 Å². The molecule has 16 heavy (non-hydrogen) atoms. The van der Waals surface area contributed by atoms with Crippen molar-refractivity contribution in [2.45, 2.75) is 42.8 Å². The second kappa shape index (κ2) is 3.84. The van der Waals surface area contributed by atoms with E-state index in [-0.39, 0.29) is 16.1 Å². The number of rotatable bonds is 3. The lowest BCUT2D eigenvalue weighted by Gasteiger charge is -2.10. The highest BCUT2D eigenvalue weighted by atomic mass is 32.2. The van der Waals surface area contributed by atoms with Gasteiger partial charge < -0.3 is 0 Å². The molecule has 1 aliphatic carbocycles. The van der Waals surface area contributed by atoms with E-state index < -0.39 is 15.7 Å². The normalized spacial score (nSPS) is 16.8. The first kappa shape index (κ1) is 11.6. The van der Waals surface area contributed by atoms with Crippen molar-refractivity contribution in [3.63, 3.8) is 0 Å². The van der Waals surface area contributed by atoms with Crippen molar-refractivity contribution in [1.29, 1.82) is 0 Å². The van der Waals surface area contributed by atoms with Gasteiger partial charge in [0.2, 0.25) is 0 Å². The summed E-state index contributed by atoms with van der Waals surface area (Å²) in [7, 11) is -3.43. The Kier molecular flexibility index (Phi) is 2.78. The molecule has 0 spiro atoms. The van der Waals surface area contributed by atoms with Gasteiger partial charge in [0.15, 0.2) is 9.84 Å². The second-order valence-electron chi connectivity index (χ2n) is 4.56. The molecule has 1 saturated carbocycles. The first-order chi connectivity index (χ1) is 7.44. The highest BCUT2D eigenvalue weighted by molar-refractivity contribution is 7.92. The molecule has 1 aliphatic rings. The van der Waals surface area contributed by atoms with Crippen LogP contribution in [0.1, 0.15) is 38.2 Å². The summed E-state index contributed by atoms with van der Waals surface area (Å²) >= 11 is 0. The van der Waals surface area contributed by atoms with Gasteiger partial charge in [0.25, 0.3) is 0 Å². The Morgan fingerprint density at radius 2 is 1.94 bits per heavy atom. The molecule has 0 atom stereocenters. The van der Waals surface area contributed by atoms with Crippen molar-refractivity contribution < 1.29 is 12.8 Å². The average molecular weight is 242 g/mol. The van der Waals surface area contributed by atoms with E-state index in [1.165, 1.54) is 6.07 Å². The summed E-state index contributed by atoms with van der Waals surface area (Å²) in [4.78, 5) is -0.124. The molecule has 4 heteroatoms. The maximum Gasteiger partial charge on any atom is 0.184 e. The molecule has 1 fully saturated rings. The molecule has 0 saturated heterocycles. The molecule has 0 aromatic heterocycles. The van der Waals surface area contributed by atoms with E-state index in [0.717, 1.165) is 0 Å². The topological polar surface area (TPSA) is 34.1 Å². The van der Waals surface area contributed by atoms with Crippen LogP contribution < -0.4 is 0 Å². The van der Waals surface area contributed by atoms with Crippen LogP contribution in [-0.4, -0.2) is 13.7 Å². The van der Waals surface area contributed by atoms with Crippen LogP contribution in [0.15, 0.2) is 23.1 Å². The number of hydrogen-bond acceptors (Lipinski definition) is 2. The van der Waals surface area contributed by atoms with Crippen LogP contribution in [0.4, 0.5) is 4.39 Å². The minimum atomic E-state index is -3.43. The molecular formula is C12H15FO2S. The number of halogens is 1. The van der Waals surface area contributed by atoms with Gasteiger partial charge in [-0.25, -0.2) is 12.8 Å². The molecule has 0 aliphatic heterocycles. The van der Waals surface area contributed by atoms with Gasteiger partial charge in [-0.3, -0.25) is 0 Å². The molecule has 1 aromatic rings. The SMILES string of the molecule is CC(C)c1cccc(S(=O)(=O)C2CC2)c1F. The van der Waals surface area contributed by atoms with Crippen molar-refractivity contribution >= 4 is 9.84 Å². The van der Waals surface area contributed by atoms with Crippen LogP contribution in [0.3, 0.4) is 0 Å². The summed E-state index contributed by atoms with van der Waals surface area (Å²) in [5.41, 5.74) is 0.474. The van der Waals surface area contributed by atoms with Crippen molar-refractivity contribution in [2.24, 2.45) is 0 Å². The molecule has 88 valence electrons. The monoisotopic (exact) mass is 242 g/mol. The highest BCUT2D eigenvalue weighted by Gasteiger charge is 2.38. The zero-order valence-electron chi connectivity index (χ0n) is 9.40. The summed E-state index contributed by atoms with van der Waals surface area (Å²) < 4.78 is 37.9. The van der Waals surface area contributed by atoms with Crippen LogP contribution in [-0.2, 0) is 9.84 Å². The second-order valence-corrected chi connectivity index (χ2v) is 6.75. The van der Waals surface area contributed by atoms with Crippen molar-refractivity contribution in [3.8, 4) is 0 Å². The number of sulfone groups is 1. The first-order valence-corrected chi connectivity index (χ1v) is 7.01. The lowest BCUT2D eigenvalue weighted by Crippen LogP contribution is -2.11. The Morgan fingerprint density at radius 3 is 2.44 bits per heavy atom. The molecule has 2 nitrogen and oxygen atoms in total. The third-order valence-corrected chi connectivity index (χ3v) is 5.16. The minimum absolute atomic E-state index is 0.00523. The molecule has 0 unspecified atom stereocenters. The first-order valence-electron chi connectivity index (χ1n) is 5.47. The quantitative estimate of drug-likeness (QED) is 0.816. The molecule has 0 heterocycles. The lowest BCUT2D eigenvalue weighted by atomic mass is 10.0. The Morgan fingerprint density at radius 1 is 1.31 bits per heavy atom. The van der Waals surface area contributed by atoms with Gasteiger partial charge in [0, 0.05) is 0 Å². The van der Waals surface area contributed by atoms with Gasteiger partial charge >= 0.3 is 0 Å². The fourth-order valence-electron chi connectivity index (χ4n) is 1.75. The van der Waals surface area contributed by atoms with Crippen LogP contribution in [0, 0.1) is 5.82 Å². The van der Waals surface area contributed by atoms with Crippen molar-refractivity contribution in [1.82, 2.24) is 0 Å². The van der Waals surface area contributed by atoms with Gasteiger partial charge in [-0.1, -0.05) is 26.0 Å². The minimum Gasteiger partial charge on any atom is -0.223 e. The maximum absolute atomic E-state index is 14.0. The van der Waals surface area contributed by atoms with Gasteiger partial charge in [0.1, 0.15) is 10.7 Å².